The zero-order valence-corrected chi connectivity index (χ0v) is 12.0. The van der Waals surface area contributed by atoms with E-state index >= 15 is 0 Å². The molecule has 2 atom stereocenters. The van der Waals surface area contributed by atoms with E-state index in [1.165, 1.54) is 0 Å². The van der Waals surface area contributed by atoms with Crippen LogP contribution in [0.4, 0.5) is 0 Å². The Morgan fingerprint density at radius 1 is 1.25 bits per heavy atom. The second-order valence-corrected chi connectivity index (χ2v) is 5.50. The molecule has 1 aromatic carbocycles. The first kappa shape index (κ1) is 15.0. The first-order valence-electron chi connectivity index (χ1n) is 7.10. The molecule has 0 radical (unpaired) electrons. The second-order valence-electron chi connectivity index (χ2n) is 5.50. The average Bonchev–Trinajstić information content (AvgIpc) is 2.36. The van der Waals surface area contributed by atoms with Gasteiger partial charge in [0.1, 0.15) is 0 Å². The number of benzene rings is 1. The van der Waals surface area contributed by atoms with E-state index in [2.05, 4.69) is 13.8 Å². The van der Waals surface area contributed by atoms with E-state index in [9.17, 15) is 4.79 Å². The predicted octanol–water partition coefficient (Wildman–Crippen LogP) is 2.79. The third-order valence-electron chi connectivity index (χ3n) is 3.59. The summed E-state index contributed by atoms with van der Waals surface area (Å²) in [4.78, 5) is 10.9. The average molecular weight is 278 g/mol. The molecule has 0 amide bonds. The summed E-state index contributed by atoms with van der Waals surface area (Å²) in [5.41, 5.74) is 1.79. The van der Waals surface area contributed by atoms with Gasteiger partial charge < -0.3 is 14.6 Å². The number of hydrogen-bond acceptors (Lipinski definition) is 3. The van der Waals surface area contributed by atoms with Gasteiger partial charge in [-0.2, -0.15) is 0 Å². The zero-order valence-electron chi connectivity index (χ0n) is 12.0. The monoisotopic (exact) mass is 278 g/mol. The highest BCUT2D eigenvalue weighted by molar-refractivity contribution is 5.70. The molecular weight excluding hydrogens is 256 g/mol. The van der Waals surface area contributed by atoms with Gasteiger partial charge in [-0.15, -0.1) is 0 Å². The number of ether oxygens (including phenoxy) is 2. The van der Waals surface area contributed by atoms with Gasteiger partial charge in [0, 0.05) is 0 Å². The third-order valence-corrected chi connectivity index (χ3v) is 3.59. The van der Waals surface area contributed by atoms with Gasteiger partial charge in [-0.3, -0.25) is 4.79 Å². The molecule has 1 heterocycles. The van der Waals surface area contributed by atoms with Crippen LogP contribution in [0.3, 0.4) is 0 Å². The molecule has 0 aliphatic carbocycles. The van der Waals surface area contributed by atoms with Gasteiger partial charge in [-0.25, -0.2) is 0 Å². The maximum atomic E-state index is 10.9. The fraction of sp³-hybridized carbons (Fsp3) is 0.562. The maximum absolute atomic E-state index is 10.9. The molecule has 4 nitrogen and oxygen atoms in total. The standard InChI is InChI=1S/C16H22O4/c1-11-7-15(8-12(2)20-11)19-10-14-6-4-3-5-13(14)9-16(17)18/h3-6,11-12,15H,7-10H2,1-2H3,(H,17,18). The molecule has 1 N–H and O–H groups in total. The van der Waals surface area contributed by atoms with E-state index in [0.29, 0.717) is 6.61 Å². The Labute approximate surface area is 119 Å². The molecule has 0 saturated carbocycles. The van der Waals surface area contributed by atoms with Crippen molar-refractivity contribution in [1.82, 2.24) is 0 Å². The van der Waals surface area contributed by atoms with Crippen LogP contribution in [0.25, 0.3) is 0 Å². The molecule has 1 aliphatic rings. The Morgan fingerprint density at radius 2 is 1.85 bits per heavy atom. The van der Waals surface area contributed by atoms with E-state index in [0.717, 1.165) is 24.0 Å². The first-order valence-corrected chi connectivity index (χ1v) is 7.10. The quantitative estimate of drug-likeness (QED) is 0.899. The number of aliphatic carboxylic acids is 1. The third kappa shape index (κ3) is 4.32. The summed E-state index contributed by atoms with van der Waals surface area (Å²) < 4.78 is 11.6. The van der Waals surface area contributed by atoms with Crippen molar-refractivity contribution < 1.29 is 19.4 Å². The van der Waals surface area contributed by atoms with Gasteiger partial charge in [-0.05, 0) is 37.8 Å². The van der Waals surface area contributed by atoms with Crippen molar-refractivity contribution >= 4 is 5.97 Å². The van der Waals surface area contributed by atoms with E-state index < -0.39 is 5.97 Å². The van der Waals surface area contributed by atoms with Crippen LogP contribution in [-0.2, 0) is 27.3 Å². The van der Waals surface area contributed by atoms with Crippen LogP contribution in [0.5, 0.6) is 0 Å². The SMILES string of the molecule is CC1CC(OCc2ccccc2CC(=O)O)CC(C)O1. The van der Waals surface area contributed by atoms with Gasteiger partial charge in [0.25, 0.3) is 0 Å². The van der Waals surface area contributed by atoms with Gasteiger partial charge in [0.05, 0.1) is 31.3 Å². The fourth-order valence-corrected chi connectivity index (χ4v) is 2.72. The lowest BCUT2D eigenvalue weighted by Gasteiger charge is -2.32. The maximum Gasteiger partial charge on any atom is 0.307 e. The molecular formula is C16H22O4. The summed E-state index contributed by atoms with van der Waals surface area (Å²) in [6, 6.07) is 7.56. The largest absolute Gasteiger partial charge is 0.481 e. The van der Waals surface area contributed by atoms with Crippen LogP contribution < -0.4 is 0 Å². The molecule has 0 spiro atoms. The van der Waals surface area contributed by atoms with E-state index in [-0.39, 0.29) is 24.7 Å². The highest BCUT2D eigenvalue weighted by atomic mass is 16.5. The molecule has 1 aromatic rings. The zero-order chi connectivity index (χ0) is 14.5. The van der Waals surface area contributed by atoms with Crippen LogP contribution >= 0.6 is 0 Å². The minimum absolute atomic E-state index is 0.0418. The molecule has 2 rings (SSSR count). The molecule has 4 heteroatoms. The number of carbonyl (C=O) groups is 1. The Morgan fingerprint density at radius 3 is 2.45 bits per heavy atom. The van der Waals surface area contributed by atoms with Crippen molar-refractivity contribution in [2.45, 2.75) is 58.0 Å². The van der Waals surface area contributed by atoms with Crippen molar-refractivity contribution in [3.05, 3.63) is 35.4 Å². The van der Waals surface area contributed by atoms with Crippen LogP contribution in [0.1, 0.15) is 37.8 Å². The first-order chi connectivity index (χ1) is 9.54. The van der Waals surface area contributed by atoms with Crippen LogP contribution in [0.2, 0.25) is 0 Å². The fourth-order valence-electron chi connectivity index (χ4n) is 2.72. The lowest BCUT2D eigenvalue weighted by molar-refractivity contribution is -0.136. The minimum Gasteiger partial charge on any atom is -0.481 e. The summed E-state index contributed by atoms with van der Waals surface area (Å²) >= 11 is 0. The highest BCUT2D eigenvalue weighted by Crippen LogP contribution is 2.23. The minimum atomic E-state index is -0.814. The Bertz CT molecular complexity index is 448. The van der Waals surface area contributed by atoms with Gasteiger partial charge >= 0.3 is 5.97 Å². The van der Waals surface area contributed by atoms with Crippen LogP contribution in [0, 0.1) is 0 Å². The molecule has 20 heavy (non-hydrogen) atoms. The Hall–Kier alpha value is -1.39. The Kier molecular flexibility index (Phi) is 5.15. The normalized spacial score (nSPS) is 26.4. The topological polar surface area (TPSA) is 55.8 Å². The van der Waals surface area contributed by atoms with Gasteiger partial charge in [0.2, 0.25) is 0 Å². The number of carboxylic acids is 1. The molecule has 0 bridgehead atoms. The van der Waals surface area contributed by atoms with Crippen molar-refractivity contribution in [3.63, 3.8) is 0 Å². The Balaban J connectivity index is 1.95. The lowest BCUT2D eigenvalue weighted by Crippen LogP contribution is -2.34. The summed E-state index contributed by atoms with van der Waals surface area (Å²) in [7, 11) is 0. The molecule has 110 valence electrons. The number of carboxylic acid groups (broad SMARTS) is 1. The molecule has 2 unspecified atom stereocenters. The summed E-state index contributed by atoms with van der Waals surface area (Å²) in [6.07, 6.45) is 2.46. The summed E-state index contributed by atoms with van der Waals surface area (Å²) in [5.74, 6) is -0.814. The smallest absolute Gasteiger partial charge is 0.307 e. The van der Waals surface area contributed by atoms with E-state index in [4.69, 9.17) is 14.6 Å². The number of rotatable bonds is 5. The summed E-state index contributed by atoms with van der Waals surface area (Å²) in [6.45, 7) is 4.59. The van der Waals surface area contributed by atoms with Crippen molar-refractivity contribution in [3.8, 4) is 0 Å². The molecule has 1 aliphatic heterocycles. The van der Waals surface area contributed by atoms with E-state index in [1.807, 2.05) is 24.3 Å². The number of hydrogen-bond donors (Lipinski definition) is 1. The molecule has 1 saturated heterocycles. The lowest BCUT2D eigenvalue weighted by atomic mass is 10.0. The van der Waals surface area contributed by atoms with Crippen LogP contribution in [0.15, 0.2) is 24.3 Å². The van der Waals surface area contributed by atoms with Crippen LogP contribution in [-0.4, -0.2) is 29.4 Å². The predicted molar refractivity (Wildman–Crippen MR) is 75.6 cm³/mol. The van der Waals surface area contributed by atoms with Gasteiger partial charge in [-0.1, -0.05) is 24.3 Å². The molecule has 1 fully saturated rings. The molecule has 0 aromatic heterocycles. The van der Waals surface area contributed by atoms with Crippen molar-refractivity contribution in [2.75, 3.05) is 0 Å². The van der Waals surface area contributed by atoms with E-state index in [1.54, 1.807) is 0 Å². The second kappa shape index (κ2) is 6.86. The summed E-state index contributed by atoms with van der Waals surface area (Å²) in [5, 5.41) is 8.92. The van der Waals surface area contributed by atoms with Gasteiger partial charge in [0.15, 0.2) is 0 Å². The van der Waals surface area contributed by atoms with Crippen molar-refractivity contribution in [2.24, 2.45) is 0 Å². The van der Waals surface area contributed by atoms with Crippen molar-refractivity contribution in [1.29, 1.82) is 0 Å². The highest BCUT2D eigenvalue weighted by Gasteiger charge is 2.25.